The highest BCUT2D eigenvalue weighted by atomic mass is 16.3. The Morgan fingerprint density at radius 1 is 1.19 bits per heavy atom. The first-order valence-electron chi connectivity index (χ1n) is 6.13. The van der Waals surface area contributed by atoms with Gasteiger partial charge < -0.3 is 10.1 Å². The topological polar surface area (TPSA) is 36.0 Å². The molecule has 0 aliphatic heterocycles. The Labute approximate surface area is 94.3 Å². The number of aromatic nitrogens is 1. The molecule has 82 valence electrons. The molecule has 2 aromatic rings. The third-order valence-electron chi connectivity index (χ3n) is 4.11. The fourth-order valence-corrected chi connectivity index (χ4v) is 2.94. The normalized spacial score (nSPS) is 21.3. The average Bonchev–Trinajstić information content (AvgIpc) is 2.76. The maximum absolute atomic E-state index is 10.1. The predicted molar refractivity (Wildman–Crippen MR) is 63.5 cm³/mol. The maximum Gasteiger partial charge on any atom is 0.0899 e. The van der Waals surface area contributed by atoms with Crippen molar-refractivity contribution in [2.45, 2.75) is 37.7 Å². The van der Waals surface area contributed by atoms with E-state index in [0.29, 0.717) is 0 Å². The highest BCUT2D eigenvalue weighted by Gasteiger charge is 2.42. The van der Waals surface area contributed by atoms with Crippen LogP contribution in [0, 0.1) is 0 Å². The molecule has 0 bridgehead atoms. The molecule has 1 heterocycles. The molecule has 4 rings (SSSR count). The molecule has 0 atom stereocenters. The summed E-state index contributed by atoms with van der Waals surface area (Å²) in [5.74, 6) is 0. The van der Waals surface area contributed by atoms with Gasteiger partial charge >= 0.3 is 0 Å². The highest BCUT2D eigenvalue weighted by Crippen LogP contribution is 2.46. The summed E-state index contributed by atoms with van der Waals surface area (Å²) >= 11 is 0. The molecule has 2 N–H and O–H groups in total. The molecule has 16 heavy (non-hydrogen) atoms. The number of rotatable bonds is 1. The first-order valence-corrected chi connectivity index (χ1v) is 6.13. The minimum atomic E-state index is -0.503. The van der Waals surface area contributed by atoms with Gasteiger partial charge in [-0.1, -0.05) is 6.07 Å². The Morgan fingerprint density at radius 3 is 2.88 bits per heavy atom. The van der Waals surface area contributed by atoms with Crippen molar-refractivity contribution in [3.05, 3.63) is 35.0 Å². The third kappa shape index (κ3) is 1.05. The summed E-state index contributed by atoms with van der Waals surface area (Å²) in [6.07, 6.45) is 5.49. The van der Waals surface area contributed by atoms with Gasteiger partial charge in [-0.2, -0.15) is 0 Å². The van der Waals surface area contributed by atoms with E-state index in [9.17, 15) is 5.11 Å². The van der Waals surface area contributed by atoms with Crippen LogP contribution in [-0.2, 0) is 18.4 Å². The van der Waals surface area contributed by atoms with Crippen LogP contribution in [0.1, 0.15) is 36.1 Å². The molecule has 0 saturated heterocycles. The largest absolute Gasteiger partial charge is 0.385 e. The Kier molecular flexibility index (Phi) is 1.48. The van der Waals surface area contributed by atoms with Crippen molar-refractivity contribution in [2.24, 2.45) is 0 Å². The summed E-state index contributed by atoms with van der Waals surface area (Å²) in [6.45, 7) is 0. The van der Waals surface area contributed by atoms with Crippen LogP contribution in [0.2, 0.25) is 0 Å². The van der Waals surface area contributed by atoms with E-state index < -0.39 is 5.60 Å². The smallest absolute Gasteiger partial charge is 0.0899 e. The number of hydrogen-bond donors (Lipinski definition) is 2. The van der Waals surface area contributed by atoms with Crippen LogP contribution in [0.5, 0.6) is 0 Å². The van der Waals surface area contributed by atoms with Crippen molar-refractivity contribution in [2.75, 3.05) is 0 Å². The Morgan fingerprint density at radius 2 is 2.06 bits per heavy atom. The molecule has 2 heteroatoms. The van der Waals surface area contributed by atoms with Crippen LogP contribution in [0.15, 0.2) is 18.2 Å². The van der Waals surface area contributed by atoms with Gasteiger partial charge in [-0.15, -0.1) is 0 Å². The van der Waals surface area contributed by atoms with Gasteiger partial charge in [0.2, 0.25) is 0 Å². The van der Waals surface area contributed by atoms with E-state index in [1.807, 2.05) is 0 Å². The second-order valence-electron chi connectivity index (χ2n) is 5.23. The zero-order valence-electron chi connectivity index (χ0n) is 9.21. The lowest BCUT2D eigenvalue weighted by molar-refractivity contribution is 0.151. The predicted octanol–water partition coefficient (Wildman–Crippen LogP) is 2.64. The monoisotopic (exact) mass is 213 g/mol. The van der Waals surface area contributed by atoms with Crippen molar-refractivity contribution in [3.63, 3.8) is 0 Å². The first-order chi connectivity index (χ1) is 7.76. The van der Waals surface area contributed by atoms with Crippen molar-refractivity contribution < 1.29 is 5.11 Å². The van der Waals surface area contributed by atoms with Crippen molar-refractivity contribution in [1.29, 1.82) is 0 Å². The summed E-state index contributed by atoms with van der Waals surface area (Å²) in [5.41, 5.74) is 4.74. The number of nitrogens with one attached hydrogen (secondary N) is 1. The average molecular weight is 213 g/mol. The third-order valence-corrected chi connectivity index (χ3v) is 4.11. The van der Waals surface area contributed by atoms with Gasteiger partial charge in [0.25, 0.3) is 0 Å². The van der Waals surface area contributed by atoms with Gasteiger partial charge in [-0.25, -0.2) is 0 Å². The molecule has 0 amide bonds. The number of H-pyrrole nitrogens is 1. The zero-order chi connectivity index (χ0) is 10.8. The minimum absolute atomic E-state index is 0.503. The maximum atomic E-state index is 10.1. The second-order valence-corrected chi connectivity index (χ2v) is 5.23. The summed E-state index contributed by atoms with van der Waals surface area (Å²) in [4.78, 5) is 3.49. The van der Waals surface area contributed by atoms with Gasteiger partial charge in [0.1, 0.15) is 0 Å². The molecule has 1 aromatic heterocycles. The summed E-state index contributed by atoms with van der Waals surface area (Å²) in [6, 6.07) is 6.39. The van der Waals surface area contributed by atoms with Crippen molar-refractivity contribution >= 4 is 10.9 Å². The van der Waals surface area contributed by atoms with Gasteiger partial charge in [0.15, 0.2) is 0 Å². The molecule has 1 saturated carbocycles. The Hall–Kier alpha value is -1.28. The van der Waals surface area contributed by atoms with Crippen LogP contribution >= 0.6 is 0 Å². The molecule has 2 nitrogen and oxygen atoms in total. The van der Waals surface area contributed by atoms with E-state index in [-0.39, 0.29) is 0 Å². The highest BCUT2D eigenvalue weighted by molar-refractivity contribution is 5.86. The fraction of sp³-hybridized carbons (Fsp3) is 0.429. The van der Waals surface area contributed by atoms with Crippen molar-refractivity contribution in [1.82, 2.24) is 4.98 Å². The Balaban J connectivity index is 1.96. The molecule has 0 spiro atoms. The zero-order valence-corrected chi connectivity index (χ0v) is 9.21. The van der Waals surface area contributed by atoms with E-state index in [0.717, 1.165) is 18.4 Å². The van der Waals surface area contributed by atoms with Gasteiger partial charge in [0, 0.05) is 16.6 Å². The lowest BCUT2D eigenvalue weighted by Crippen LogP contribution is -2.03. The summed E-state index contributed by atoms with van der Waals surface area (Å²) < 4.78 is 0. The van der Waals surface area contributed by atoms with Gasteiger partial charge in [-0.3, -0.25) is 0 Å². The number of aromatic amines is 1. The standard InChI is InChI=1S/C14H15NO/c16-14(6-7-14)9-4-5-13-11(8-9)10-2-1-3-12(10)15-13/h4-5,8,15-16H,1-3,6-7H2. The van der Waals surface area contributed by atoms with E-state index in [4.69, 9.17) is 0 Å². The quantitative estimate of drug-likeness (QED) is 0.750. The number of benzene rings is 1. The number of fused-ring (bicyclic) bond motifs is 3. The Bertz CT molecular complexity index is 578. The van der Waals surface area contributed by atoms with Gasteiger partial charge in [-0.05, 0) is 55.4 Å². The van der Waals surface area contributed by atoms with Crippen LogP contribution in [-0.4, -0.2) is 10.1 Å². The molecule has 0 radical (unpaired) electrons. The minimum Gasteiger partial charge on any atom is -0.385 e. The van der Waals surface area contributed by atoms with E-state index in [2.05, 4.69) is 23.2 Å². The summed E-state index contributed by atoms with van der Waals surface area (Å²) in [7, 11) is 0. The lowest BCUT2D eigenvalue weighted by Gasteiger charge is -2.08. The molecule has 2 aliphatic carbocycles. The SMILES string of the molecule is OC1(c2ccc3[nH]c4c(c3c2)CCC4)CC1. The molecule has 0 unspecified atom stereocenters. The molecular formula is C14H15NO. The first kappa shape index (κ1) is 8.82. The van der Waals surface area contributed by atoms with Gasteiger partial charge in [0.05, 0.1) is 5.60 Å². The summed E-state index contributed by atoms with van der Waals surface area (Å²) in [5, 5.41) is 11.5. The number of hydrogen-bond acceptors (Lipinski definition) is 1. The van der Waals surface area contributed by atoms with Crippen LogP contribution in [0.25, 0.3) is 10.9 Å². The number of aliphatic hydroxyl groups is 1. The fourth-order valence-electron chi connectivity index (χ4n) is 2.94. The lowest BCUT2D eigenvalue weighted by atomic mass is 10.0. The molecule has 1 aromatic carbocycles. The van der Waals surface area contributed by atoms with Crippen LogP contribution in [0.4, 0.5) is 0 Å². The second kappa shape index (κ2) is 2.69. The van der Waals surface area contributed by atoms with E-state index in [1.54, 1.807) is 0 Å². The van der Waals surface area contributed by atoms with E-state index >= 15 is 0 Å². The van der Waals surface area contributed by atoms with E-state index in [1.165, 1.54) is 41.4 Å². The van der Waals surface area contributed by atoms with Crippen LogP contribution in [0.3, 0.4) is 0 Å². The van der Waals surface area contributed by atoms with Crippen LogP contribution < -0.4 is 0 Å². The van der Waals surface area contributed by atoms with Crippen molar-refractivity contribution in [3.8, 4) is 0 Å². The molecule has 2 aliphatic rings. The number of aryl methyl sites for hydroxylation is 2. The molecule has 1 fully saturated rings. The molecular weight excluding hydrogens is 198 g/mol.